The zero-order valence-corrected chi connectivity index (χ0v) is 23.2. The third kappa shape index (κ3) is 7.24. The van der Waals surface area contributed by atoms with Gasteiger partial charge < -0.3 is 14.7 Å². The van der Waals surface area contributed by atoms with Crippen molar-refractivity contribution >= 4 is 28.7 Å². The van der Waals surface area contributed by atoms with E-state index in [2.05, 4.69) is 4.98 Å². The van der Waals surface area contributed by atoms with Gasteiger partial charge in [0.25, 0.3) is 5.91 Å². The molecule has 1 N–H and O–H groups in total. The Kier molecular flexibility index (Phi) is 8.55. The van der Waals surface area contributed by atoms with Crippen molar-refractivity contribution in [3.05, 3.63) is 112 Å². The van der Waals surface area contributed by atoms with E-state index in [1.807, 2.05) is 0 Å². The number of rotatable bonds is 6. The van der Waals surface area contributed by atoms with Crippen LogP contribution in [0, 0.1) is 0 Å². The summed E-state index contributed by atoms with van der Waals surface area (Å²) in [6, 6.07) is 14.3. The Morgan fingerprint density at radius 1 is 0.844 bits per heavy atom. The third-order valence-electron chi connectivity index (χ3n) is 7.54. The average Bonchev–Trinajstić information content (AvgIpc) is 3.00. The van der Waals surface area contributed by atoms with Gasteiger partial charge in [-0.1, -0.05) is 30.3 Å². The van der Waals surface area contributed by atoms with Gasteiger partial charge in [0.15, 0.2) is 0 Å². The molecule has 1 aliphatic rings. The summed E-state index contributed by atoms with van der Waals surface area (Å²) >= 11 is 0. The first kappa shape index (κ1) is 31.5. The van der Waals surface area contributed by atoms with Crippen LogP contribution in [0.1, 0.15) is 60.6 Å². The second-order valence-corrected chi connectivity index (χ2v) is 10.6. The lowest BCUT2D eigenvalue weighted by Gasteiger charge is -2.39. The van der Waals surface area contributed by atoms with Crippen molar-refractivity contribution in [2.24, 2.45) is 0 Å². The molecule has 234 valence electrons. The molecule has 13 heteroatoms. The number of fused-ring (bicyclic) bond motifs is 1. The maximum atomic E-state index is 13.6. The zero-order valence-electron chi connectivity index (χ0n) is 23.2. The molecule has 2 heterocycles. The molecule has 1 aliphatic heterocycles. The Morgan fingerprint density at radius 2 is 1.49 bits per heavy atom. The van der Waals surface area contributed by atoms with Crippen molar-refractivity contribution in [2.45, 2.75) is 43.8 Å². The van der Waals surface area contributed by atoms with E-state index in [0.29, 0.717) is 28.6 Å². The van der Waals surface area contributed by atoms with Gasteiger partial charge in [-0.3, -0.25) is 9.78 Å². The zero-order chi connectivity index (χ0) is 32.5. The predicted molar refractivity (Wildman–Crippen MR) is 149 cm³/mol. The van der Waals surface area contributed by atoms with Crippen molar-refractivity contribution in [2.75, 3.05) is 6.54 Å². The molecule has 5 rings (SSSR count). The number of benzene rings is 3. The molecule has 3 aromatic carbocycles. The number of hydrogen-bond donors (Lipinski definition) is 1. The second-order valence-electron chi connectivity index (χ2n) is 10.6. The largest absolute Gasteiger partial charge is 0.478 e. The van der Waals surface area contributed by atoms with Crippen LogP contribution in [-0.2, 0) is 23.5 Å². The molecular weight excluding hydrogens is 606 g/mol. The number of carbonyl (C=O) groups excluding carboxylic acids is 2. The van der Waals surface area contributed by atoms with Gasteiger partial charge in [-0.25, -0.2) is 9.59 Å². The summed E-state index contributed by atoms with van der Waals surface area (Å²) < 4.78 is 86.8. The summed E-state index contributed by atoms with van der Waals surface area (Å²) in [6.45, 7) is -0.137. The maximum Gasteiger partial charge on any atom is 0.416 e. The number of carboxylic acids is 1. The summed E-state index contributed by atoms with van der Waals surface area (Å²) in [4.78, 5) is 43.3. The Hall–Kier alpha value is -4.94. The Labute approximate surface area is 252 Å². The van der Waals surface area contributed by atoms with Gasteiger partial charge in [0.05, 0.1) is 27.8 Å². The topological polar surface area (TPSA) is 96.8 Å². The lowest BCUT2D eigenvalue weighted by molar-refractivity contribution is -0.143. The van der Waals surface area contributed by atoms with Gasteiger partial charge >= 0.3 is 24.3 Å². The minimum atomic E-state index is -5.14. The number of hydrogen-bond acceptors (Lipinski definition) is 5. The molecule has 0 aliphatic carbocycles. The molecule has 2 atom stereocenters. The summed E-state index contributed by atoms with van der Waals surface area (Å²) in [6.07, 6.45) is -9.52. The van der Waals surface area contributed by atoms with E-state index in [9.17, 15) is 45.8 Å². The van der Waals surface area contributed by atoms with Crippen LogP contribution in [0.2, 0.25) is 0 Å². The standard InChI is InChI=1S/C32H24F6N2O5/c33-31(34,35)23-13-21(14-24(15-23)32(36,37)38)28(41)40-10-9-26(16-25(40)11-18-5-7-19(8-6-18)29(42)43)45-30(44)22-12-20-3-1-2-4-27(20)39-17-22/h1-8,12-15,17,25-26H,9-11,16H2,(H,42,43)/t25-,26+/m1/s1. The summed E-state index contributed by atoms with van der Waals surface area (Å²) in [7, 11) is 0. The monoisotopic (exact) mass is 630 g/mol. The second kappa shape index (κ2) is 12.2. The molecule has 7 nitrogen and oxygen atoms in total. The number of likely N-dealkylation sites (tertiary alicyclic amines) is 1. The molecule has 0 radical (unpaired) electrons. The maximum absolute atomic E-state index is 13.6. The summed E-state index contributed by atoms with van der Waals surface area (Å²) in [5, 5.41) is 9.91. The first-order valence-electron chi connectivity index (χ1n) is 13.7. The molecule has 45 heavy (non-hydrogen) atoms. The van der Waals surface area contributed by atoms with Crippen LogP contribution in [0.15, 0.2) is 79.0 Å². The first-order chi connectivity index (χ1) is 21.2. The molecule has 1 fully saturated rings. The molecule has 0 spiro atoms. The van der Waals surface area contributed by atoms with Crippen molar-refractivity contribution in [1.82, 2.24) is 9.88 Å². The van der Waals surface area contributed by atoms with Crippen LogP contribution in [0.5, 0.6) is 0 Å². The van der Waals surface area contributed by atoms with E-state index < -0.39 is 59.0 Å². The SMILES string of the molecule is O=C(O)c1ccc(C[C@@H]2C[C@@H](OC(=O)c3cnc4ccccc4c3)CCN2C(=O)c2cc(C(F)(F)F)cc(C(F)(F)F)c2)cc1. The number of amides is 1. The first-order valence-corrected chi connectivity index (χ1v) is 13.7. The number of piperidine rings is 1. The van der Waals surface area contributed by atoms with E-state index in [4.69, 9.17) is 4.74 Å². The Bertz CT molecular complexity index is 1720. The molecule has 1 saturated heterocycles. The molecule has 0 unspecified atom stereocenters. The highest BCUT2D eigenvalue weighted by atomic mass is 19.4. The number of carbonyl (C=O) groups is 3. The number of halogens is 6. The van der Waals surface area contributed by atoms with E-state index in [1.165, 1.54) is 35.4 Å². The minimum absolute atomic E-state index is 0.00484. The molecule has 4 aromatic rings. The number of aromatic carboxylic acids is 1. The van der Waals surface area contributed by atoms with E-state index in [0.717, 1.165) is 0 Å². The van der Waals surface area contributed by atoms with Gasteiger partial charge in [-0.05, 0) is 54.4 Å². The number of carboxylic acid groups (broad SMARTS) is 1. The molecular formula is C32H24F6N2O5. The van der Waals surface area contributed by atoms with Crippen molar-refractivity contribution in [3.8, 4) is 0 Å². The Balaban J connectivity index is 1.43. The van der Waals surface area contributed by atoms with Crippen molar-refractivity contribution in [1.29, 1.82) is 0 Å². The van der Waals surface area contributed by atoms with Gasteiger partial charge in [0.2, 0.25) is 0 Å². The van der Waals surface area contributed by atoms with Crippen LogP contribution < -0.4 is 0 Å². The highest BCUT2D eigenvalue weighted by molar-refractivity contribution is 5.95. The minimum Gasteiger partial charge on any atom is -0.478 e. The molecule has 0 bridgehead atoms. The smallest absolute Gasteiger partial charge is 0.416 e. The lowest BCUT2D eigenvalue weighted by Crippen LogP contribution is -2.49. The fourth-order valence-electron chi connectivity index (χ4n) is 5.28. The fourth-order valence-corrected chi connectivity index (χ4v) is 5.28. The van der Waals surface area contributed by atoms with E-state index >= 15 is 0 Å². The quantitative estimate of drug-likeness (QED) is 0.181. The van der Waals surface area contributed by atoms with Gasteiger partial charge in [-0.2, -0.15) is 26.3 Å². The van der Waals surface area contributed by atoms with Crippen LogP contribution in [-0.4, -0.2) is 51.5 Å². The Morgan fingerprint density at radius 3 is 2.11 bits per heavy atom. The average molecular weight is 631 g/mol. The van der Waals surface area contributed by atoms with Crippen molar-refractivity contribution in [3.63, 3.8) is 0 Å². The normalized spacial score (nSPS) is 17.2. The lowest BCUT2D eigenvalue weighted by atomic mass is 9.92. The van der Waals surface area contributed by atoms with Crippen LogP contribution in [0.3, 0.4) is 0 Å². The molecule has 1 aromatic heterocycles. The number of para-hydroxylation sites is 1. The number of alkyl halides is 6. The number of nitrogens with zero attached hydrogens (tertiary/aromatic N) is 2. The van der Waals surface area contributed by atoms with E-state index in [1.54, 1.807) is 30.3 Å². The number of ether oxygens (including phenoxy) is 1. The number of pyridine rings is 1. The van der Waals surface area contributed by atoms with E-state index in [-0.39, 0.29) is 43.0 Å². The summed E-state index contributed by atoms with van der Waals surface area (Å²) in [5.74, 6) is -2.91. The van der Waals surface area contributed by atoms with Crippen LogP contribution in [0.25, 0.3) is 10.9 Å². The van der Waals surface area contributed by atoms with Crippen LogP contribution in [0.4, 0.5) is 26.3 Å². The van der Waals surface area contributed by atoms with Gasteiger partial charge in [0, 0.05) is 42.6 Å². The number of aromatic nitrogens is 1. The highest BCUT2D eigenvalue weighted by Gasteiger charge is 2.40. The summed E-state index contributed by atoms with van der Waals surface area (Å²) in [5.41, 5.74) is -2.64. The third-order valence-corrected chi connectivity index (χ3v) is 7.54. The van der Waals surface area contributed by atoms with Crippen molar-refractivity contribution < 1.29 is 50.6 Å². The van der Waals surface area contributed by atoms with Gasteiger partial charge in [0.1, 0.15) is 6.10 Å². The highest BCUT2D eigenvalue weighted by Crippen LogP contribution is 2.37. The predicted octanol–water partition coefficient (Wildman–Crippen LogP) is 7.04. The van der Waals surface area contributed by atoms with Crippen LogP contribution >= 0.6 is 0 Å². The fraction of sp³-hybridized carbons (Fsp3) is 0.250. The number of esters is 1. The van der Waals surface area contributed by atoms with Gasteiger partial charge in [-0.15, -0.1) is 0 Å². The molecule has 0 saturated carbocycles. The molecule has 1 amide bonds.